The minimum Gasteiger partial charge on any atom is -0.383 e. The fourth-order valence-electron chi connectivity index (χ4n) is 10.7. The van der Waals surface area contributed by atoms with Crippen LogP contribution in [0, 0.1) is 24.2 Å². The van der Waals surface area contributed by atoms with Crippen molar-refractivity contribution in [3.05, 3.63) is 152 Å². The summed E-state index contributed by atoms with van der Waals surface area (Å²) < 4.78 is 150. The van der Waals surface area contributed by atoms with Crippen LogP contribution in [-0.2, 0) is 50.2 Å². The molecule has 83 heavy (non-hydrogen) atoms. The molecule has 446 valence electrons. The summed E-state index contributed by atoms with van der Waals surface area (Å²) in [5, 5.41) is 16.7. The van der Waals surface area contributed by atoms with Crippen molar-refractivity contribution in [2.45, 2.75) is 103 Å². The molecule has 0 N–H and O–H groups in total. The molecule has 2 aliphatic heterocycles. The predicted octanol–water partition coefficient (Wildman–Crippen LogP) is 9.84. The van der Waals surface area contributed by atoms with Gasteiger partial charge in [-0.2, -0.15) is 35.0 Å². The van der Waals surface area contributed by atoms with Crippen LogP contribution >= 0.6 is 0 Å². The number of azo groups is 2. The number of fused-ring (bicyclic) bond motifs is 2. The normalized spacial score (nSPS) is 17.1. The predicted molar refractivity (Wildman–Crippen MR) is 301 cm³/mol. The van der Waals surface area contributed by atoms with Crippen molar-refractivity contribution in [3.8, 4) is 11.4 Å². The van der Waals surface area contributed by atoms with E-state index in [0.29, 0.717) is 23.2 Å². The number of nitrogens with zero attached hydrogens (tertiary/aromatic N) is 12. The van der Waals surface area contributed by atoms with Crippen LogP contribution in [-0.4, -0.2) is 118 Å². The maximum Gasteiger partial charge on any atom is 0.418 e. The average Bonchev–Trinajstić information content (AvgIpc) is 3.03. The molecule has 6 aromatic rings. The van der Waals surface area contributed by atoms with Crippen molar-refractivity contribution in [2.24, 2.45) is 32.3 Å². The molecule has 2 aromatic carbocycles. The van der Waals surface area contributed by atoms with Crippen molar-refractivity contribution in [1.82, 2.24) is 26.5 Å². The lowest BCUT2D eigenvalue weighted by Gasteiger charge is -2.34. The van der Waals surface area contributed by atoms with Gasteiger partial charge in [0.1, 0.15) is 0 Å². The summed E-state index contributed by atoms with van der Waals surface area (Å²) in [6.07, 6.45) is 7.49. The summed E-state index contributed by atoms with van der Waals surface area (Å²) in [4.78, 5) is 27.1. The van der Waals surface area contributed by atoms with Gasteiger partial charge in [0.15, 0.2) is 0 Å². The van der Waals surface area contributed by atoms with Crippen LogP contribution in [0.15, 0.2) is 115 Å². The molecule has 2 atom stereocenters. The molecule has 0 spiro atoms. The maximum atomic E-state index is 14.2. The van der Waals surface area contributed by atoms with Crippen molar-refractivity contribution in [3.63, 3.8) is 0 Å². The van der Waals surface area contributed by atoms with Gasteiger partial charge in [0.2, 0.25) is 20.0 Å². The molecule has 4 aromatic heterocycles. The lowest BCUT2D eigenvalue weighted by Crippen LogP contribution is -2.33. The Balaban J connectivity index is 0.000000211. The van der Waals surface area contributed by atoms with E-state index in [1.54, 1.807) is 43.9 Å². The van der Waals surface area contributed by atoms with Gasteiger partial charge in [-0.25, -0.2) is 35.6 Å². The van der Waals surface area contributed by atoms with Crippen LogP contribution in [0.3, 0.4) is 0 Å². The number of halogens is 6. The Morgan fingerprint density at radius 1 is 0.663 bits per heavy atom. The highest BCUT2D eigenvalue weighted by Crippen LogP contribution is 2.48. The number of pyridine rings is 2. The molecule has 6 heterocycles. The van der Waals surface area contributed by atoms with E-state index in [-0.39, 0.29) is 72.5 Å². The van der Waals surface area contributed by atoms with Gasteiger partial charge >= 0.3 is 48.7 Å². The second-order valence-corrected chi connectivity index (χ2v) is 24.9. The summed E-state index contributed by atoms with van der Waals surface area (Å²) in [7, 11) is -2.27. The van der Waals surface area contributed by atoms with Crippen molar-refractivity contribution in [1.29, 1.82) is 0 Å². The van der Waals surface area contributed by atoms with E-state index in [2.05, 4.69) is 20.5 Å². The molecule has 0 bridgehead atoms. The number of hydrogen-bond donors (Lipinski definition) is 0. The number of sulfonamides is 2. The molecule has 19 nitrogen and oxygen atoms in total. The van der Waals surface area contributed by atoms with E-state index >= 15 is 0 Å². The first-order valence-corrected chi connectivity index (χ1v) is 30.8. The van der Waals surface area contributed by atoms with E-state index in [1.165, 1.54) is 48.0 Å². The van der Waals surface area contributed by atoms with Gasteiger partial charge in [0.25, 0.3) is 0 Å². The zero-order valence-electron chi connectivity index (χ0n) is 47.3. The second-order valence-electron chi connectivity index (χ2n) is 20.6. The Hall–Kier alpha value is -6.68. The maximum absolute atomic E-state index is 14.2. The minimum atomic E-state index is -4.79. The summed E-state index contributed by atoms with van der Waals surface area (Å²) in [5.74, 6) is 0.372. The highest BCUT2D eigenvalue weighted by atomic mass is 32.2. The third-order valence-corrected chi connectivity index (χ3v) is 18.6. The molecule has 27 heteroatoms. The van der Waals surface area contributed by atoms with Gasteiger partial charge in [-0.1, -0.05) is 57.9 Å². The smallest absolute Gasteiger partial charge is 0.383 e. The molecular weight excluding hydrogens is 1130 g/mol. The third kappa shape index (κ3) is 13.3. The Morgan fingerprint density at radius 2 is 1.08 bits per heavy atom. The van der Waals surface area contributed by atoms with Crippen molar-refractivity contribution < 1.29 is 57.1 Å². The highest BCUT2D eigenvalue weighted by Gasteiger charge is 2.44. The SMILES string of the molecule is CC.CCN(Cc1cc(C(F)(F)F)c2cn(-c3cccc([C@H]([C]4N=NC=[N+]4C)C4CCC4)c3)c(=O)n2c1)S(=O)(=O)CC.COCCN(Cc1cc(C(F)(F)F)c2cn(-c3cccc([C@H]([C]4N=NC=[N+]4C)C4CCC4)c3)c(=O)n2c1)S(C)(=O)=O. The number of rotatable bonds is 19. The Morgan fingerprint density at radius 3 is 1.41 bits per heavy atom. The average molecular weight is 1200 g/mol. The quantitative estimate of drug-likeness (QED) is 0.0569. The first-order chi connectivity index (χ1) is 39.3. The van der Waals surface area contributed by atoms with E-state index in [9.17, 15) is 52.8 Å². The fourth-order valence-corrected chi connectivity index (χ4v) is 12.6. The molecular formula is C56H68F6N12O7S2+2. The summed E-state index contributed by atoms with van der Waals surface area (Å²) >= 11 is 0. The van der Waals surface area contributed by atoms with E-state index in [0.717, 1.165) is 97.8 Å². The first kappa shape index (κ1) is 62.4. The van der Waals surface area contributed by atoms with Gasteiger partial charge < -0.3 is 4.74 Å². The van der Waals surface area contributed by atoms with Gasteiger partial charge in [-0.05, 0) is 113 Å². The van der Waals surface area contributed by atoms with E-state index < -0.39 is 54.9 Å². The zero-order chi connectivity index (χ0) is 60.3. The first-order valence-electron chi connectivity index (χ1n) is 27.3. The molecule has 10 rings (SSSR count). The number of likely N-dealkylation sites (N-methyl/N-ethyl adjacent to an activating group) is 2. The minimum absolute atomic E-state index is 0.0206. The van der Waals surface area contributed by atoms with Crippen molar-refractivity contribution in [2.75, 3.05) is 52.9 Å². The highest BCUT2D eigenvalue weighted by molar-refractivity contribution is 7.89. The molecule has 0 amide bonds. The Labute approximate surface area is 477 Å². The largest absolute Gasteiger partial charge is 0.418 e. The van der Waals surface area contributed by atoms with Crippen molar-refractivity contribution >= 4 is 43.8 Å². The van der Waals surface area contributed by atoms with Gasteiger partial charge in [0.05, 0.1) is 88.3 Å². The monoisotopic (exact) mass is 1200 g/mol. The molecule has 0 unspecified atom stereocenters. The molecule has 2 radical (unpaired) electrons. The number of benzene rings is 2. The van der Waals surface area contributed by atoms with Gasteiger partial charge in [-0.3, -0.25) is 17.9 Å². The zero-order valence-corrected chi connectivity index (χ0v) is 49.0. The topological polar surface area (TPSA) is 192 Å². The molecule has 2 fully saturated rings. The van der Waals surface area contributed by atoms with Crippen LogP contribution in [0.2, 0.25) is 0 Å². The molecule has 2 saturated carbocycles. The lowest BCUT2D eigenvalue weighted by atomic mass is 9.71. The van der Waals surface area contributed by atoms with Crippen LogP contribution < -0.4 is 11.4 Å². The standard InChI is InChI=1S/C27H31F3N6O4S.C27H31F3N6O3S.C2H6/c1-33-17-31-32-25(33)24(19-6-4-7-19)20-8-5-9-21(13-20)35-16-23-22(27(28,29)30)12-18(15-36(23)26(35)37)14-34(10-11-40-2)41(3,38)39;1-4-34(40(38,39)5-2)14-18-12-22(27(28,29)30)23-16-35(26(37)36(23)15-18)21-11-7-10-20(13-21)24(19-8-6-9-19)25-32-31-17-33(25)3;1-2/h5,8-9,12-13,15-17,19,24H,4,6-7,10-11,14H2,1-3H3;7,10-13,15-17,19,24H,4-6,8-9,14H2,1-3H3;1-2H3/q2*+1;/t2*24-;/m11./s1. The third-order valence-electron chi connectivity index (χ3n) is 15.4. The number of hydrogen-bond acceptors (Lipinski definition) is 11. The fraction of sp³-hybridized carbons (Fsp3) is 0.464. The number of methoxy groups -OCH3 is 1. The van der Waals surface area contributed by atoms with Crippen LogP contribution in [0.25, 0.3) is 22.4 Å². The van der Waals surface area contributed by atoms with Crippen LogP contribution in [0.5, 0.6) is 0 Å². The van der Waals surface area contributed by atoms with Gasteiger partial charge in [-0.15, -0.1) is 0 Å². The van der Waals surface area contributed by atoms with Gasteiger partial charge in [0, 0.05) is 58.1 Å². The lowest BCUT2D eigenvalue weighted by molar-refractivity contribution is -0.480. The summed E-state index contributed by atoms with van der Waals surface area (Å²) in [5.41, 5.74) is -1.34. The molecule has 4 aliphatic rings. The number of aromatic nitrogens is 4. The summed E-state index contributed by atoms with van der Waals surface area (Å²) in [6, 6.07) is 16.2. The van der Waals surface area contributed by atoms with Crippen LogP contribution in [0.1, 0.15) is 111 Å². The van der Waals surface area contributed by atoms with E-state index in [1.807, 2.05) is 61.4 Å². The van der Waals surface area contributed by atoms with Crippen LogP contribution in [0.4, 0.5) is 26.3 Å². The molecule has 2 aliphatic carbocycles. The second kappa shape index (κ2) is 25.3. The molecule has 0 saturated heterocycles. The summed E-state index contributed by atoms with van der Waals surface area (Å²) in [6.45, 7) is 6.56. The number of ether oxygens (including phenoxy) is 1. The van der Waals surface area contributed by atoms with E-state index in [4.69, 9.17) is 4.74 Å². The Bertz CT molecular complexity index is 3820. The Kier molecular flexibility index (Phi) is 19.0. The number of alkyl halides is 6. The number of imidazole rings is 2.